The molecule has 2 aromatic rings. The van der Waals surface area contributed by atoms with Crippen molar-refractivity contribution >= 4 is 28.7 Å². The second-order valence-electron chi connectivity index (χ2n) is 4.82. The molecular formula is C13H13FN4O2. The number of aryl methyl sites for hydroxylation is 2. The lowest BCUT2D eigenvalue weighted by Crippen LogP contribution is -2.49. The minimum absolute atomic E-state index is 0.206. The van der Waals surface area contributed by atoms with Crippen molar-refractivity contribution in [2.24, 2.45) is 7.05 Å². The molecule has 1 N–H and O–H groups in total. The molecule has 1 fully saturated rings. The number of anilines is 1. The molecule has 0 unspecified atom stereocenters. The number of imide groups is 1. The van der Waals surface area contributed by atoms with E-state index < -0.39 is 6.03 Å². The second-order valence-corrected chi connectivity index (χ2v) is 4.82. The Labute approximate surface area is 114 Å². The molecule has 2 heterocycles. The van der Waals surface area contributed by atoms with Crippen LogP contribution in [0, 0.1) is 12.7 Å². The molecule has 1 aliphatic rings. The molecular weight excluding hydrogens is 263 g/mol. The van der Waals surface area contributed by atoms with Gasteiger partial charge in [-0.3, -0.25) is 19.7 Å². The van der Waals surface area contributed by atoms with Gasteiger partial charge in [-0.15, -0.1) is 0 Å². The van der Waals surface area contributed by atoms with Crippen molar-refractivity contribution in [1.29, 1.82) is 0 Å². The van der Waals surface area contributed by atoms with Gasteiger partial charge in [-0.2, -0.15) is 5.10 Å². The van der Waals surface area contributed by atoms with Crippen molar-refractivity contribution in [3.05, 3.63) is 23.5 Å². The summed E-state index contributed by atoms with van der Waals surface area (Å²) in [4.78, 5) is 24.4. The zero-order valence-electron chi connectivity index (χ0n) is 11.1. The predicted molar refractivity (Wildman–Crippen MR) is 70.9 cm³/mol. The Balaban J connectivity index is 2.14. The first-order chi connectivity index (χ1) is 9.47. The summed E-state index contributed by atoms with van der Waals surface area (Å²) in [6.07, 6.45) is 0.206. The van der Waals surface area contributed by atoms with Crippen LogP contribution in [0.15, 0.2) is 12.1 Å². The molecule has 6 nitrogen and oxygen atoms in total. The van der Waals surface area contributed by atoms with Crippen molar-refractivity contribution < 1.29 is 14.0 Å². The van der Waals surface area contributed by atoms with E-state index in [1.807, 2.05) is 0 Å². The van der Waals surface area contributed by atoms with Crippen LogP contribution in [0.5, 0.6) is 0 Å². The summed E-state index contributed by atoms with van der Waals surface area (Å²) < 4.78 is 15.4. The number of benzene rings is 1. The summed E-state index contributed by atoms with van der Waals surface area (Å²) in [6.45, 7) is 1.92. The van der Waals surface area contributed by atoms with Crippen LogP contribution in [0.4, 0.5) is 15.0 Å². The zero-order chi connectivity index (χ0) is 14.4. The average molecular weight is 276 g/mol. The van der Waals surface area contributed by atoms with Gasteiger partial charge < -0.3 is 0 Å². The molecule has 0 radical (unpaired) electrons. The van der Waals surface area contributed by atoms with Crippen molar-refractivity contribution in [3.63, 3.8) is 0 Å². The molecule has 0 atom stereocenters. The number of amides is 3. The monoisotopic (exact) mass is 276 g/mol. The normalized spacial score (nSPS) is 15.8. The predicted octanol–water partition coefficient (Wildman–Crippen LogP) is 1.47. The van der Waals surface area contributed by atoms with E-state index in [9.17, 15) is 14.0 Å². The number of fused-ring (bicyclic) bond motifs is 1. The quantitative estimate of drug-likeness (QED) is 0.857. The Morgan fingerprint density at radius 3 is 2.80 bits per heavy atom. The van der Waals surface area contributed by atoms with Gasteiger partial charge in [-0.05, 0) is 24.6 Å². The first-order valence-corrected chi connectivity index (χ1v) is 6.21. The number of halogens is 1. The molecule has 7 heteroatoms. The molecule has 0 bridgehead atoms. The van der Waals surface area contributed by atoms with Crippen LogP contribution in [0.3, 0.4) is 0 Å². The maximum Gasteiger partial charge on any atom is 0.329 e. The third-order valence-corrected chi connectivity index (χ3v) is 3.42. The van der Waals surface area contributed by atoms with Crippen LogP contribution in [0.2, 0.25) is 0 Å². The first kappa shape index (κ1) is 12.6. The summed E-state index contributed by atoms with van der Waals surface area (Å²) >= 11 is 0. The van der Waals surface area contributed by atoms with Crippen molar-refractivity contribution in [2.45, 2.75) is 13.3 Å². The molecule has 3 rings (SSSR count). The smallest absolute Gasteiger partial charge is 0.278 e. The Bertz CT molecular complexity index is 738. The van der Waals surface area contributed by atoms with Gasteiger partial charge in [-0.25, -0.2) is 9.18 Å². The van der Waals surface area contributed by atoms with E-state index in [-0.39, 0.29) is 24.7 Å². The minimum Gasteiger partial charge on any atom is -0.278 e. The topological polar surface area (TPSA) is 67.2 Å². The summed E-state index contributed by atoms with van der Waals surface area (Å²) in [5, 5.41) is 7.06. The summed E-state index contributed by atoms with van der Waals surface area (Å²) in [6, 6.07) is 2.53. The maximum atomic E-state index is 13.8. The van der Waals surface area contributed by atoms with Gasteiger partial charge in [0.05, 0.1) is 5.52 Å². The molecule has 104 valence electrons. The molecule has 1 aliphatic heterocycles. The minimum atomic E-state index is -0.526. The van der Waals surface area contributed by atoms with Crippen molar-refractivity contribution in [1.82, 2.24) is 15.1 Å². The average Bonchev–Trinajstić information content (AvgIpc) is 2.67. The first-order valence-electron chi connectivity index (χ1n) is 6.21. The zero-order valence-corrected chi connectivity index (χ0v) is 11.1. The van der Waals surface area contributed by atoms with E-state index in [1.165, 1.54) is 11.0 Å². The molecule has 1 aromatic heterocycles. The van der Waals surface area contributed by atoms with E-state index >= 15 is 0 Å². The molecule has 0 saturated carbocycles. The van der Waals surface area contributed by atoms with Crippen molar-refractivity contribution in [3.8, 4) is 0 Å². The summed E-state index contributed by atoms with van der Waals surface area (Å²) in [5.74, 6) is -0.292. The number of carbonyl (C=O) groups is 2. The Morgan fingerprint density at radius 1 is 1.35 bits per heavy atom. The third-order valence-electron chi connectivity index (χ3n) is 3.42. The Morgan fingerprint density at radius 2 is 2.10 bits per heavy atom. The highest BCUT2D eigenvalue weighted by Gasteiger charge is 2.28. The van der Waals surface area contributed by atoms with Crippen LogP contribution in [-0.2, 0) is 11.8 Å². The van der Waals surface area contributed by atoms with E-state index in [0.29, 0.717) is 16.8 Å². The highest BCUT2D eigenvalue weighted by atomic mass is 19.1. The lowest BCUT2D eigenvalue weighted by molar-refractivity contribution is -0.120. The van der Waals surface area contributed by atoms with Gasteiger partial charge >= 0.3 is 6.03 Å². The number of carbonyl (C=O) groups excluding carboxylic acids is 2. The number of urea groups is 1. The Hall–Kier alpha value is -2.44. The van der Waals surface area contributed by atoms with Gasteiger partial charge in [0, 0.05) is 25.4 Å². The van der Waals surface area contributed by atoms with Crippen LogP contribution < -0.4 is 10.2 Å². The van der Waals surface area contributed by atoms with E-state index in [1.54, 1.807) is 24.7 Å². The lowest BCUT2D eigenvalue weighted by Gasteiger charge is -2.24. The van der Waals surface area contributed by atoms with E-state index in [0.717, 1.165) is 5.52 Å². The molecule has 0 spiro atoms. The highest BCUT2D eigenvalue weighted by Crippen LogP contribution is 2.28. The Kier molecular flexibility index (Phi) is 2.70. The van der Waals surface area contributed by atoms with Crippen LogP contribution in [0.1, 0.15) is 12.0 Å². The maximum absolute atomic E-state index is 13.8. The van der Waals surface area contributed by atoms with E-state index in [2.05, 4.69) is 10.4 Å². The second kappa shape index (κ2) is 4.29. The fourth-order valence-electron chi connectivity index (χ4n) is 2.33. The largest absolute Gasteiger partial charge is 0.329 e. The summed E-state index contributed by atoms with van der Waals surface area (Å²) in [5.41, 5.74) is 1.26. The number of nitrogens with one attached hydrogen (secondary N) is 1. The van der Waals surface area contributed by atoms with Gasteiger partial charge in [0.2, 0.25) is 5.91 Å². The number of rotatable bonds is 1. The van der Waals surface area contributed by atoms with Gasteiger partial charge in [0.1, 0.15) is 5.82 Å². The summed E-state index contributed by atoms with van der Waals surface area (Å²) in [7, 11) is 1.73. The van der Waals surface area contributed by atoms with Gasteiger partial charge in [-0.1, -0.05) is 0 Å². The van der Waals surface area contributed by atoms with E-state index in [4.69, 9.17) is 0 Å². The SMILES string of the molecule is Cc1cc2c(cc1F)c(N1CCC(=O)NC1=O)nn2C. The number of nitrogens with zero attached hydrogens (tertiary/aromatic N) is 3. The van der Waals surface area contributed by atoms with Crippen LogP contribution in [0.25, 0.3) is 10.9 Å². The lowest BCUT2D eigenvalue weighted by atomic mass is 10.1. The standard InChI is InChI=1S/C13H13FN4O2/c1-7-5-10-8(6-9(7)14)12(16-17(10)2)18-4-3-11(19)15-13(18)20/h5-6H,3-4H2,1-2H3,(H,15,19,20). The molecule has 3 amide bonds. The molecule has 1 aromatic carbocycles. The third kappa shape index (κ3) is 1.82. The number of aromatic nitrogens is 2. The molecule has 1 saturated heterocycles. The highest BCUT2D eigenvalue weighted by molar-refractivity contribution is 6.08. The fraction of sp³-hybridized carbons (Fsp3) is 0.308. The fourth-order valence-corrected chi connectivity index (χ4v) is 2.33. The number of hydrogen-bond acceptors (Lipinski definition) is 3. The van der Waals surface area contributed by atoms with Crippen LogP contribution >= 0.6 is 0 Å². The van der Waals surface area contributed by atoms with Gasteiger partial charge in [0.25, 0.3) is 0 Å². The van der Waals surface area contributed by atoms with Gasteiger partial charge in [0.15, 0.2) is 5.82 Å². The van der Waals surface area contributed by atoms with Crippen LogP contribution in [-0.4, -0.2) is 28.3 Å². The molecule has 20 heavy (non-hydrogen) atoms. The van der Waals surface area contributed by atoms with Crippen molar-refractivity contribution in [2.75, 3.05) is 11.4 Å². The molecule has 0 aliphatic carbocycles. The number of hydrogen-bond donors (Lipinski definition) is 1.